The van der Waals surface area contributed by atoms with Crippen LogP contribution in [-0.4, -0.2) is 26.3 Å². The maximum absolute atomic E-state index is 5.62. The van der Waals surface area contributed by atoms with Gasteiger partial charge >= 0.3 is 0 Å². The Morgan fingerprint density at radius 1 is 1.12 bits per heavy atom. The molecule has 0 unspecified atom stereocenters. The van der Waals surface area contributed by atoms with Crippen molar-refractivity contribution in [2.45, 2.75) is 47.0 Å². The van der Waals surface area contributed by atoms with Crippen molar-refractivity contribution < 1.29 is 4.74 Å². The number of rotatable bonds is 10. The average Bonchev–Trinajstić information content (AvgIpc) is 3.04. The van der Waals surface area contributed by atoms with Crippen molar-refractivity contribution in [3.05, 3.63) is 0 Å². The van der Waals surface area contributed by atoms with Crippen LogP contribution in [0.2, 0.25) is 0 Å². The number of hydrogen-bond donors (Lipinski definition) is 1. The third kappa shape index (κ3) is 7.05. The molecule has 102 valence electrons. The lowest BCUT2D eigenvalue weighted by atomic mass is 9.85. The Hall–Kier alpha value is -0.0800. The number of ether oxygens (including phenoxy) is 1. The first-order chi connectivity index (χ1) is 8.11. The fourth-order valence-corrected chi connectivity index (χ4v) is 2.34. The first kappa shape index (κ1) is 15.0. The Balaban J connectivity index is 1.90. The van der Waals surface area contributed by atoms with E-state index in [2.05, 4.69) is 33.0 Å². The molecule has 1 aliphatic rings. The highest BCUT2D eigenvalue weighted by Gasteiger charge is 2.20. The van der Waals surface area contributed by atoms with E-state index in [0.717, 1.165) is 56.4 Å². The molecule has 0 radical (unpaired) electrons. The van der Waals surface area contributed by atoms with E-state index in [-0.39, 0.29) is 0 Å². The summed E-state index contributed by atoms with van der Waals surface area (Å²) >= 11 is 0. The Kier molecular flexibility index (Phi) is 7.14. The average molecular weight is 241 g/mol. The van der Waals surface area contributed by atoms with Crippen molar-refractivity contribution in [2.75, 3.05) is 26.3 Å². The van der Waals surface area contributed by atoms with Gasteiger partial charge in [-0.05, 0) is 56.0 Å². The van der Waals surface area contributed by atoms with Crippen LogP contribution >= 0.6 is 0 Å². The largest absolute Gasteiger partial charge is 0.381 e. The van der Waals surface area contributed by atoms with E-state index in [4.69, 9.17) is 4.74 Å². The second kappa shape index (κ2) is 8.10. The number of nitrogens with one attached hydrogen (secondary N) is 1. The molecule has 0 atom stereocenters. The van der Waals surface area contributed by atoms with Crippen LogP contribution in [0.5, 0.6) is 0 Å². The first-order valence-electron chi connectivity index (χ1n) is 7.39. The lowest BCUT2D eigenvalue weighted by molar-refractivity contribution is 0.121. The van der Waals surface area contributed by atoms with Gasteiger partial charge in [-0.15, -0.1) is 0 Å². The third-order valence-electron chi connectivity index (χ3n) is 3.79. The molecular weight excluding hydrogens is 210 g/mol. The second-order valence-corrected chi connectivity index (χ2v) is 6.23. The third-order valence-corrected chi connectivity index (χ3v) is 3.79. The molecule has 1 saturated carbocycles. The van der Waals surface area contributed by atoms with Gasteiger partial charge in [-0.3, -0.25) is 0 Å². The van der Waals surface area contributed by atoms with Crippen LogP contribution in [0.4, 0.5) is 0 Å². The Bertz CT molecular complexity index is 179. The molecule has 0 heterocycles. The molecule has 2 nitrogen and oxygen atoms in total. The highest BCUT2D eigenvalue weighted by atomic mass is 16.5. The smallest absolute Gasteiger partial charge is 0.0494 e. The van der Waals surface area contributed by atoms with E-state index in [0.29, 0.717) is 0 Å². The standard InChI is InChI=1S/C15H31NO/c1-12(2)15(13(3)4)10-16-8-5-9-17-11-14-6-7-14/h12-16H,5-11H2,1-4H3. The van der Waals surface area contributed by atoms with Crippen LogP contribution in [-0.2, 0) is 4.74 Å². The number of hydrogen-bond acceptors (Lipinski definition) is 2. The summed E-state index contributed by atoms with van der Waals surface area (Å²) in [6.07, 6.45) is 3.93. The van der Waals surface area contributed by atoms with E-state index in [1.807, 2.05) is 0 Å². The van der Waals surface area contributed by atoms with Gasteiger partial charge in [-0.1, -0.05) is 27.7 Å². The van der Waals surface area contributed by atoms with Crippen LogP contribution in [0.1, 0.15) is 47.0 Å². The van der Waals surface area contributed by atoms with Gasteiger partial charge < -0.3 is 10.1 Å². The molecule has 0 aromatic rings. The molecule has 1 aliphatic carbocycles. The highest BCUT2D eigenvalue weighted by molar-refractivity contribution is 4.72. The van der Waals surface area contributed by atoms with Gasteiger partial charge in [0.05, 0.1) is 0 Å². The molecule has 2 heteroatoms. The summed E-state index contributed by atoms with van der Waals surface area (Å²) in [4.78, 5) is 0. The van der Waals surface area contributed by atoms with E-state index in [1.165, 1.54) is 12.8 Å². The first-order valence-corrected chi connectivity index (χ1v) is 7.39. The summed E-state index contributed by atoms with van der Waals surface area (Å²) in [5.41, 5.74) is 0. The molecule has 0 bridgehead atoms. The SMILES string of the molecule is CC(C)C(CNCCCOCC1CC1)C(C)C. The van der Waals surface area contributed by atoms with Crippen molar-refractivity contribution in [2.24, 2.45) is 23.7 Å². The normalized spacial score (nSPS) is 16.4. The minimum Gasteiger partial charge on any atom is -0.381 e. The van der Waals surface area contributed by atoms with Gasteiger partial charge in [0, 0.05) is 13.2 Å². The van der Waals surface area contributed by atoms with Crippen LogP contribution < -0.4 is 5.32 Å². The fourth-order valence-electron chi connectivity index (χ4n) is 2.34. The van der Waals surface area contributed by atoms with Crippen molar-refractivity contribution in [3.63, 3.8) is 0 Å². The highest BCUT2D eigenvalue weighted by Crippen LogP contribution is 2.28. The maximum atomic E-state index is 5.62. The second-order valence-electron chi connectivity index (χ2n) is 6.23. The Morgan fingerprint density at radius 2 is 1.76 bits per heavy atom. The summed E-state index contributed by atoms with van der Waals surface area (Å²) < 4.78 is 5.62. The van der Waals surface area contributed by atoms with Gasteiger partial charge in [0.15, 0.2) is 0 Å². The van der Waals surface area contributed by atoms with Crippen LogP contribution in [0.25, 0.3) is 0 Å². The van der Waals surface area contributed by atoms with Crippen LogP contribution in [0, 0.1) is 23.7 Å². The van der Waals surface area contributed by atoms with E-state index < -0.39 is 0 Å². The minimum atomic E-state index is 0.772. The lowest BCUT2D eigenvalue weighted by Gasteiger charge is -2.25. The summed E-state index contributed by atoms with van der Waals surface area (Å²) in [5.74, 6) is 3.24. The van der Waals surface area contributed by atoms with Crippen LogP contribution in [0.15, 0.2) is 0 Å². The maximum Gasteiger partial charge on any atom is 0.0494 e. The molecule has 17 heavy (non-hydrogen) atoms. The van der Waals surface area contributed by atoms with E-state index in [1.54, 1.807) is 0 Å². The Morgan fingerprint density at radius 3 is 2.29 bits per heavy atom. The van der Waals surface area contributed by atoms with Gasteiger partial charge in [-0.2, -0.15) is 0 Å². The predicted molar refractivity (Wildman–Crippen MR) is 74.2 cm³/mol. The minimum absolute atomic E-state index is 0.772. The fraction of sp³-hybridized carbons (Fsp3) is 1.00. The molecule has 1 fully saturated rings. The summed E-state index contributed by atoms with van der Waals surface area (Å²) in [5, 5.41) is 3.57. The van der Waals surface area contributed by atoms with Crippen molar-refractivity contribution in [1.29, 1.82) is 0 Å². The van der Waals surface area contributed by atoms with E-state index in [9.17, 15) is 0 Å². The molecule has 0 spiro atoms. The zero-order chi connectivity index (χ0) is 12.7. The van der Waals surface area contributed by atoms with Gasteiger partial charge in [0.25, 0.3) is 0 Å². The summed E-state index contributed by atoms with van der Waals surface area (Å²) in [7, 11) is 0. The summed E-state index contributed by atoms with van der Waals surface area (Å²) in [6, 6.07) is 0. The monoisotopic (exact) mass is 241 g/mol. The van der Waals surface area contributed by atoms with E-state index >= 15 is 0 Å². The quantitative estimate of drug-likeness (QED) is 0.592. The van der Waals surface area contributed by atoms with Gasteiger partial charge in [0.2, 0.25) is 0 Å². The summed E-state index contributed by atoms with van der Waals surface area (Å²) in [6.45, 7) is 13.5. The van der Waals surface area contributed by atoms with Crippen LogP contribution in [0.3, 0.4) is 0 Å². The molecule has 1 N–H and O–H groups in total. The van der Waals surface area contributed by atoms with Gasteiger partial charge in [-0.25, -0.2) is 0 Å². The molecule has 0 saturated heterocycles. The zero-order valence-electron chi connectivity index (χ0n) is 12.2. The lowest BCUT2D eigenvalue weighted by Crippen LogP contribution is -2.30. The molecule has 0 aromatic heterocycles. The molecule has 1 rings (SSSR count). The molecule has 0 aliphatic heterocycles. The van der Waals surface area contributed by atoms with Gasteiger partial charge in [0.1, 0.15) is 0 Å². The topological polar surface area (TPSA) is 21.3 Å². The molecule has 0 amide bonds. The van der Waals surface area contributed by atoms with Crippen molar-refractivity contribution >= 4 is 0 Å². The Labute approximate surface area is 108 Å². The molecule has 0 aromatic carbocycles. The predicted octanol–water partition coefficient (Wildman–Crippen LogP) is 3.32. The van der Waals surface area contributed by atoms with Crippen molar-refractivity contribution in [1.82, 2.24) is 5.32 Å². The molecular formula is C15H31NO. The van der Waals surface area contributed by atoms with Crippen molar-refractivity contribution in [3.8, 4) is 0 Å². The zero-order valence-corrected chi connectivity index (χ0v) is 12.2.